The van der Waals surface area contributed by atoms with Gasteiger partial charge in [0.25, 0.3) is 11.8 Å². The fraction of sp³-hybridized carbons (Fsp3) is 0.478. The minimum atomic E-state index is -0.0521. The van der Waals surface area contributed by atoms with E-state index < -0.39 is 0 Å². The number of nitrogens with zero attached hydrogens (tertiary/aromatic N) is 1. The van der Waals surface area contributed by atoms with Crippen LogP contribution in [0, 0.1) is 6.92 Å². The summed E-state index contributed by atoms with van der Waals surface area (Å²) in [6, 6.07) is 9.90. The molecule has 1 aromatic carbocycles. The predicted octanol–water partition coefficient (Wildman–Crippen LogP) is 4.15. The maximum Gasteiger partial charge on any atom is 0.261 e. The van der Waals surface area contributed by atoms with Crippen LogP contribution in [0.4, 0.5) is 0 Å². The molecular formula is C23H30N2O3S. The van der Waals surface area contributed by atoms with Crippen LogP contribution < -0.4 is 10.1 Å². The van der Waals surface area contributed by atoms with Crippen LogP contribution in [-0.2, 0) is 10.2 Å². The summed E-state index contributed by atoms with van der Waals surface area (Å²) in [5.41, 5.74) is 2.24. The van der Waals surface area contributed by atoms with Crippen molar-refractivity contribution >= 4 is 23.2 Å². The molecule has 0 aliphatic carbocycles. The summed E-state index contributed by atoms with van der Waals surface area (Å²) in [5, 5.41) is 4.97. The highest BCUT2D eigenvalue weighted by atomic mass is 32.1. The van der Waals surface area contributed by atoms with Crippen LogP contribution in [0.25, 0.3) is 0 Å². The molecule has 1 aliphatic rings. The van der Waals surface area contributed by atoms with Crippen molar-refractivity contribution < 1.29 is 14.3 Å². The number of ether oxygens (including phenoxy) is 1. The topological polar surface area (TPSA) is 58.6 Å². The molecule has 2 heterocycles. The lowest BCUT2D eigenvalue weighted by Gasteiger charge is -2.32. The molecule has 0 saturated carbocycles. The molecule has 3 rings (SSSR count). The van der Waals surface area contributed by atoms with Gasteiger partial charge >= 0.3 is 0 Å². The third kappa shape index (κ3) is 5.60. The van der Waals surface area contributed by atoms with E-state index in [1.165, 1.54) is 16.9 Å². The zero-order valence-electron chi connectivity index (χ0n) is 17.7. The minimum absolute atomic E-state index is 0.00605. The Morgan fingerprint density at radius 1 is 1.21 bits per heavy atom. The van der Waals surface area contributed by atoms with Crippen LogP contribution in [0.5, 0.6) is 5.75 Å². The smallest absolute Gasteiger partial charge is 0.261 e. The Balaban J connectivity index is 1.50. The zero-order valence-corrected chi connectivity index (χ0v) is 18.5. The first-order valence-electron chi connectivity index (χ1n) is 10.1. The second-order valence-corrected chi connectivity index (χ2v) is 9.59. The van der Waals surface area contributed by atoms with Gasteiger partial charge in [-0.2, -0.15) is 0 Å². The van der Waals surface area contributed by atoms with Gasteiger partial charge in [0.05, 0.1) is 4.88 Å². The van der Waals surface area contributed by atoms with Gasteiger partial charge < -0.3 is 15.0 Å². The Morgan fingerprint density at radius 3 is 2.55 bits per heavy atom. The Labute approximate surface area is 177 Å². The van der Waals surface area contributed by atoms with Crippen LogP contribution >= 0.6 is 11.3 Å². The normalized spacial score (nSPS) is 15.2. The Morgan fingerprint density at radius 2 is 1.93 bits per heavy atom. The molecule has 1 aliphatic heterocycles. The molecule has 1 N–H and O–H groups in total. The van der Waals surface area contributed by atoms with E-state index in [2.05, 4.69) is 39.1 Å². The molecule has 1 saturated heterocycles. The number of benzene rings is 1. The monoisotopic (exact) mass is 414 g/mol. The number of likely N-dealkylation sites (tertiary alicyclic amines) is 1. The summed E-state index contributed by atoms with van der Waals surface area (Å²) in [7, 11) is 0. The van der Waals surface area contributed by atoms with Crippen molar-refractivity contribution in [3.05, 3.63) is 51.7 Å². The summed E-state index contributed by atoms with van der Waals surface area (Å²) in [6.45, 7) is 9.81. The van der Waals surface area contributed by atoms with Gasteiger partial charge in [-0.05, 0) is 48.3 Å². The minimum Gasteiger partial charge on any atom is -0.483 e. The van der Waals surface area contributed by atoms with E-state index in [9.17, 15) is 9.59 Å². The molecule has 29 heavy (non-hydrogen) atoms. The Hall–Kier alpha value is -2.34. The molecule has 156 valence electrons. The maximum absolute atomic E-state index is 12.6. The van der Waals surface area contributed by atoms with Gasteiger partial charge in [0, 0.05) is 19.1 Å². The fourth-order valence-electron chi connectivity index (χ4n) is 3.52. The molecule has 0 unspecified atom stereocenters. The van der Waals surface area contributed by atoms with Gasteiger partial charge in [-0.15, -0.1) is 11.3 Å². The molecule has 2 aromatic rings. The SMILES string of the molecule is Cc1ccc(OCC(=O)N2CCC(NC(=O)c3cccs3)CC2)c(C(C)(C)C)c1. The number of hydrogen-bond acceptors (Lipinski definition) is 4. The molecular weight excluding hydrogens is 384 g/mol. The average molecular weight is 415 g/mol. The molecule has 0 bridgehead atoms. The lowest BCUT2D eigenvalue weighted by Crippen LogP contribution is -2.47. The Bertz CT molecular complexity index is 848. The first kappa shape index (κ1) is 21.4. The number of rotatable bonds is 5. The summed E-state index contributed by atoms with van der Waals surface area (Å²) >= 11 is 1.44. The van der Waals surface area contributed by atoms with E-state index in [0.717, 1.165) is 29.0 Å². The van der Waals surface area contributed by atoms with Crippen molar-refractivity contribution in [3.63, 3.8) is 0 Å². The third-order valence-electron chi connectivity index (χ3n) is 5.22. The van der Waals surface area contributed by atoms with Gasteiger partial charge in [-0.1, -0.05) is 44.5 Å². The van der Waals surface area contributed by atoms with Crippen molar-refractivity contribution in [2.24, 2.45) is 0 Å². The maximum atomic E-state index is 12.6. The first-order valence-corrected chi connectivity index (χ1v) is 11.0. The molecule has 2 amide bonds. The van der Waals surface area contributed by atoms with E-state index in [-0.39, 0.29) is 29.9 Å². The van der Waals surface area contributed by atoms with E-state index in [1.807, 2.05) is 34.5 Å². The quantitative estimate of drug-likeness (QED) is 0.799. The molecule has 5 nitrogen and oxygen atoms in total. The highest BCUT2D eigenvalue weighted by molar-refractivity contribution is 7.12. The first-order chi connectivity index (χ1) is 13.7. The van der Waals surface area contributed by atoms with Crippen molar-refractivity contribution in [3.8, 4) is 5.75 Å². The number of carbonyl (C=O) groups excluding carboxylic acids is 2. The lowest BCUT2D eigenvalue weighted by molar-refractivity contribution is -0.134. The highest BCUT2D eigenvalue weighted by Gasteiger charge is 2.25. The summed E-state index contributed by atoms with van der Waals surface area (Å²) in [6.07, 6.45) is 1.53. The fourth-order valence-corrected chi connectivity index (χ4v) is 4.15. The van der Waals surface area contributed by atoms with E-state index in [1.54, 1.807) is 0 Å². The van der Waals surface area contributed by atoms with Gasteiger partial charge in [0.1, 0.15) is 5.75 Å². The number of aryl methyl sites for hydroxylation is 1. The number of carbonyl (C=O) groups is 2. The van der Waals surface area contributed by atoms with Gasteiger partial charge in [-0.3, -0.25) is 9.59 Å². The van der Waals surface area contributed by atoms with Gasteiger partial charge in [-0.25, -0.2) is 0 Å². The molecule has 0 spiro atoms. The number of piperidine rings is 1. The second-order valence-electron chi connectivity index (χ2n) is 8.64. The molecule has 1 fully saturated rings. The Kier molecular flexibility index (Phi) is 6.63. The molecule has 1 aromatic heterocycles. The van der Waals surface area contributed by atoms with Crippen molar-refractivity contribution in [2.75, 3.05) is 19.7 Å². The molecule has 0 atom stereocenters. The largest absolute Gasteiger partial charge is 0.483 e. The van der Waals surface area contributed by atoms with Crippen LogP contribution in [-0.4, -0.2) is 42.5 Å². The van der Waals surface area contributed by atoms with Gasteiger partial charge in [0.15, 0.2) is 6.61 Å². The number of nitrogens with one attached hydrogen (secondary N) is 1. The molecule has 0 radical (unpaired) electrons. The molecule has 6 heteroatoms. The zero-order chi connectivity index (χ0) is 21.0. The number of thiophene rings is 1. The van der Waals surface area contributed by atoms with Crippen molar-refractivity contribution in [2.45, 2.75) is 52.0 Å². The summed E-state index contributed by atoms with van der Waals surface area (Å²) in [4.78, 5) is 27.4. The van der Waals surface area contributed by atoms with Crippen molar-refractivity contribution in [1.29, 1.82) is 0 Å². The number of hydrogen-bond donors (Lipinski definition) is 1. The predicted molar refractivity (Wildman–Crippen MR) is 117 cm³/mol. The van der Waals surface area contributed by atoms with E-state index in [0.29, 0.717) is 13.1 Å². The average Bonchev–Trinajstić information content (AvgIpc) is 3.21. The van der Waals surface area contributed by atoms with Crippen LogP contribution in [0.3, 0.4) is 0 Å². The van der Waals surface area contributed by atoms with Crippen LogP contribution in [0.2, 0.25) is 0 Å². The van der Waals surface area contributed by atoms with Crippen LogP contribution in [0.15, 0.2) is 35.7 Å². The lowest BCUT2D eigenvalue weighted by atomic mass is 9.85. The second kappa shape index (κ2) is 8.99. The standard InChI is InChI=1S/C23H30N2O3S/c1-16-7-8-19(18(14-16)23(2,3)4)28-15-21(26)25-11-9-17(10-12-25)24-22(27)20-6-5-13-29-20/h5-8,13-14,17H,9-12,15H2,1-4H3,(H,24,27). The van der Waals surface area contributed by atoms with Crippen LogP contribution in [0.1, 0.15) is 54.4 Å². The van der Waals surface area contributed by atoms with E-state index in [4.69, 9.17) is 4.74 Å². The van der Waals surface area contributed by atoms with E-state index >= 15 is 0 Å². The van der Waals surface area contributed by atoms with Crippen molar-refractivity contribution in [1.82, 2.24) is 10.2 Å². The highest BCUT2D eigenvalue weighted by Crippen LogP contribution is 2.32. The summed E-state index contributed by atoms with van der Waals surface area (Å²) < 4.78 is 5.91. The summed E-state index contributed by atoms with van der Waals surface area (Å²) in [5.74, 6) is 0.741. The van der Waals surface area contributed by atoms with Gasteiger partial charge in [0.2, 0.25) is 0 Å². The number of amides is 2. The third-order valence-corrected chi connectivity index (χ3v) is 6.09.